The molecule has 0 unspecified atom stereocenters. The number of aromatic nitrogens is 2. The van der Waals surface area contributed by atoms with Crippen LogP contribution >= 0.6 is 0 Å². The maximum absolute atomic E-state index is 13.9. The second kappa shape index (κ2) is 7.99. The molecule has 1 N–H and O–H groups in total. The average molecular weight is 443 g/mol. The molecular formula is C22H19F2N3O3S. The Morgan fingerprint density at radius 2 is 1.77 bits per heavy atom. The number of nitrogens with zero attached hydrogens (tertiary/aromatic N) is 2. The van der Waals surface area contributed by atoms with Crippen molar-refractivity contribution in [2.45, 2.75) is 13.5 Å². The Balaban J connectivity index is 1.72. The highest BCUT2D eigenvalue weighted by atomic mass is 32.2. The molecule has 0 bridgehead atoms. The van der Waals surface area contributed by atoms with Gasteiger partial charge in [0.25, 0.3) is 0 Å². The monoisotopic (exact) mass is 443 g/mol. The number of nitrogens with one attached hydrogen (secondary N) is 1. The number of sulfonamides is 1. The summed E-state index contributed by atoms with van der Waals surface area (Å²) in [6.45, 7) is 1.53. The number of rotatable bonds is 6. The Bertz CT molecular complexity index is 1360. The van der Waals surface area contributed by atoms with Crippen LogP contribution in [0.25, 0.3) is 16.9 Å². The van der Waals surface area contributed by atoms with Crippen LogP contribution in [0.5, 0.6) is 5.75 Å². The van der Waals surface area contributed by atoms with E-state index in [2.05, 4.69) is 9.71 Å². The van der Waals surface area contributed by atoms with Gasteiger partial charge in [-0.15, -0.1) is 0 Å². The Kier molecular flexibility index (Phi) is 5.36. The number of hydrogen-bond donors (Lipinski definition) is 1. The normalized spacial score (nSPS) is 11.6. The summed E-state index contributed by atoms with van der Waals surface area (Å²) in [4.78, 5) is 4.56. The van der Waals surface area contributed by atoms with Crippen molar-refractivity contribution >= 4 is 21.4 Å². The molecule has 0 saturated carbocycles. The first-order valence-corrected chi connectivity index (χ1v) is 11.2. The minimum absolute atomic E-state index is 0.160. The molecule has 2 aromatic heterocycles. The van der Waals surface area contributed by atoms with E-state index in [1.165, 1.54) is 18.2 Å². The molecule has 9 heteroatoms. The Morgan fingerprint density at radius 3 is 2.48 bits per heavy atom. The summed E-state index contributed by atoms with van der Waals surface area (Å²) < 4.78 is 60.9. The van der Waals surface area contributed by atoms with Gasteiger partial charge in [0.1, 0.15) is 18.2 Å². The molecular weight excluding hydrogens is 424 g/mol. The van der Waals surface area contributed by atoms with Crippen molar-refractivity contribution in [3.05, 3.63) is 83.7 Å². The predicted molar refractivity (Wildman–Crippen MR) is 115 cm³/mol. The van der Waals surface area contributed by atoms with Crippen molar-refractivity contribution in [2.24, 2.45) is 0 Å². The van der Waals surface area contributed by atoms with Crippen molar-refractivity contribution in [3.8, 4) is 17.0 Å². The molecule has 2 aromatic carbocycles. The van der Waals surface area contributed by atoms with Gasteiger partial charge in [0.15, 0.2) is 11.4 Å². The van der Waals surface area contributed by atoms with Crippen LogP contribution in [0.4, 0.5) is 14.5 Å². The number of imidazole rings is 1. The molecule has 0 atom stereocenters. The van der Waals surface area contributed by atoms with Gasteiger partial charge in [-0.3, -0.25) is 9.12 Å². The zero-order valence-corrected chi connectivity index (χ0v) is 17.6. The second-order valence-corrected chi connectivity index (χ2v) is 8.80. The quantitative estimate of drug-likeness (QED) is 0.475. The first-order valence-electron chi connectivity index (χ1n) is 9.34. The summed E-state index contributed by atoms with van der Waals surface area (Å²) in [6, 6.07) is 14.0. The van der Waals surface area contributed by atoms with Crippen molar-refractivity contribution in [1.82, 2.24) is 9.38 Å². The van der Waals surface area contributed by atoms with Crippen molar-refractivity contribution in [2.75, 3.05) is 11.0 Å². The molecule has 0 radical (unpaired) electrons. The lowest BCUT2D eigenvalue weighted by atomic mass is 10.1. The fourth-order valence-electron chi connectivity index (χ4n) is 3.38. The van der Waals surface area contributed by atoms with Gasteiger partial charge in [0.05, 0.1) is 23.2 Å². The summed E-state index contributed by atoms with van der Waals surface area (Å²) in [5.41, 5.74) is 2.92. The van der Waals surface area contributed by atoms with Crippen LogP contribution < -0.4 is 9.46 Å². The van der Waals surface area contributed by atoms with E-state index in [-0.39, 0.29) is 12.2 Å². The predicted octanol–water partition coefficient (Wildman–Crippen LogP) is 4.54. The molecule has 31 heavy (non-hydrogen) atoms. The van der Waals surface area contributed by atoms with Crippen LogP contribution in [0.2, 0.25) is 0 Å². The molecule has 0 aliphatic carbocycles. The van der Waals surface area contributed by atoms with Crippen molar-refractivity contribution in [1.29, 1.82) is 0 Å². The number of pyridine rings is 1. The summed E-state index contributed by atoms with van der Waals surface area (Å²) in [5.74, 6) is -0.991. The van der Waals surface area contributed by atoms with Crippen LogP contribution in [0.3, 0.4) is 0 Å². The first kappa shape index (κ1) is 20.8. The third kappa shape index (κ3) is 4.36. The van der Waals surface area contributed by atoms with Crippen LogP contribution in [-0.2, 0) is 16.6 Å². The molecule has 2 heterocycles. The average Bonchev–Trinajstić information content (AvgIpc) is 3.03. The summed E-state index contributed by atoms with van der Waals surface area (Å²) in [6.07, 6.45) is 2.87. The Labute approximate surface area is 178 Å². The number of aryl methyl sites for hydroxylation is 1. The molecule has 0 saturated heterocycles. The fourth-order valence-corrected chi connectivity index (χ4v) is 3.94. The van der Waals surface area contributed by atoms with Crippen LogP contribution in [0.15, 0.2) is 60.8 Å². The topological polar surface area (TPSA) is 72.7 Å². The molecule has 4 rings (SSSR count). The lowest BCUT2D eigenvalue weighted by Crippen LogP contribution is -2.09. The van der Waals surface area contributed by atoms with Gasteiger partial charge in [0.2, 0.25) is 10.0 Å². The molecule has 160 valence electrons. The lowest BCUT2D eigenvalue weighted by Gasteiger charge is -2.10. The molecule has 6 nitrogen and oxygen atoms in total. The van der Waals surface area contributed by atoms with E-state index >= 15 is 0 Å². The SMILES string of the molecule is Cc1nc2c(OCc3c(F)cccc3F)cccn2c1-c1cccc(NS(C)(=O)=O)c1. The zero-order chi connectivity index (χ0) is 22.2. The maximum Gasteiger partial charge on any atom is 0.229 e. The maximum atomic E-state index is 13.9. The van der Waals surface area contributed by atoms with E-state index in [0.717, 1.165) is 17.5 Å². The third-order valence-electron chi connectivity index (χ3n) is 4.66. The van der Waals surface area contributed by atoms with E-state index in [4.69, 9.17) is 4.74 Å². The highest BCUT2D eigenvalue weighted by molar-refractivity contribution is 7.92. The summed E-state index contributed by atoms with van der Waals surface area (Å²) >= 11 is 0. The largest absolute Gasteiger partial charge is 0.485 e. The highest BCUT2D eigenvalue weighted by Gasteiger charge is 2.16. The minimum Gasteiger partial charge on any atom is -0.485 e. The number of fused-ring (bicyclic) bond motifs is 1. The lowest BCUT2D eigenvalue weighted by molar-refractivity contribution is 0.294. The number of halogens is 2. The van der Waals surface area contributed by atoms with E-state index < -0.39 is 21.7 Å². The van der Waals surface area contributed by atoms with E-state index in [1.54, 1.807) is 40.9 Å². The molecule has 0 aliphatic heterocycles. The van der Waals surface area contributed by atoms with Gasteiger partial charge in [-0.2, -0.15) is 0 Å². The van der Waals surface area contributed by atoms with Crippen LogP contribution in [0, 0.1) is 18.6 Å². The van der Waals surface area contributed by atoms with Gasteiger partial charge in [-0.25, -0.2) is 22.2 Å². The number of benzene rings is 2. The number of ether oxygens (including phenoxy) is 1. The number of anilines is 1. The Hall–Kier alpha value is -3.46. The minimum atomic E-state index is -3.42. The van der Waals surface area contributed by atoms with Gasteiger partial charge in [-0.1, -0.05) is 18.2 Å². The van der Waals surface area contributed by atoms with Gasteiger partial charge in [0, 0.05) is 17.4 Å². The smallest absolute Gasteiger partial charge is 0.229 e. The van der Waals surface area contributed by atoms with Crippen molar-refractivity contribution in [3.63, 3.8) is 0 Å². The Morgan fingerprint density at radius 1 is 1.06 bits per heavy atom. The van der Waals surface area contributed by atoms with E-state index in [9.17, 15) is 17.2 Å². The van der Waals surface area contributed by atoms with E-state index in [0.29, 0.717) is 22.8 Å². The van der Waals surface area contributed by atoms with Crippen LogP contribution in [0.1, 0.15) is 11.3 Å². The molecule has 0 fully saturated rings. The van der Waals surface area contributed by atoms with Crippen LogP contribution in [-0.4, -0.2) is 24.1 Å². The molecule has 0 spiro atoms. The molecule has 0 amide bonds. The zero-order valence-electron chi connectivity index (χ0n) is 16.8. The second-order valence-electron chi connectivity index (χ2n) is 7.06. The summed E-state index contributed by atoms with van der Waals surface area (Å²) in [7, 11) is -3.42. The summed E-state index contributed by atoms with van der Waals surface area (Å²) in [5, 5.41) is 0. The highest BCUT2D eigenvalue weighted by Crippen LogP contribution is 2.31. The van der Waals surface area contributed by atoms with Gasteiger partial charge < -0.3 is 4.74 Å². The molecule has 4 aromatic rings. The van der Waals surface area contributed by atoms with Gasteiger partial charge in [-0.05, 0) is 43.3 Å². The third-order valence-corrected chi connectivity index (χ3v) is 5.27. The van der Waals surface area contributed by atoms with E-state index in [1.807, 2.05) is 13.0 Å². The number of hydrogen-bond acceptors (Lipinski definition) is 4. The molecule has 0 aliphatic rings. The van der Waals surface area contributed by atoms with Crippen molar-refractivity contribution < 1.29 is 21.9 Å². The first-order chi connectivity index (χ1) is 14.7. The standard InChI is InChI=1S/C22H19F2N3O3S/c1-14-21(15-6-3-7-16(12-15)26-31(2,28)29)27-11-5-10-20(22(27)25-14)30-13-17-18(23)8-4-9-19(17)24/h3-12,26H,13H2,1-2H3. The fraction of sp³-hybridized carbons (Fsp3) is 0.136. The van der Waals surface area contributed by atoms with Gasteiger partial charge >= 0.3 is 0 Å².